The van der Waals surface area contributed by atoms with Gasteiger partial charge in [-0.05, 0) is 45.2 Å². The fourth-order valence-electron chi connectivity index (χ4n) is 3.75. The molecule has 1 saturated carbocycles. The van der Waals surface area contributed by atoms with E-state index >= 15 is 0 Å². The van der Waals surface area contributed by atoms with Gasteiger partial charge in [0.05, 0.1) is 30.9 Å². The second kappa shape index (κ2) is 9.83. The molecule has 0 unspecified atom stereocenters. The summed E-state index contributed by atoms with van der Waals surface area (Å²) >= 11 is 0. The van der Waals surface area contributed by atoms with Crippen molar-refractivity contribution in [1.82, 2.24) is 5.32 Å². The summed E-state index contributed by atoms with van der Waals surface area (Å²) in [5.74, 6) is 0.618. The van der Waals surface area contributed by atoms with Crippen molar-refractivity contribution in [3.05, 3.63) is 29.5 Å². The highest BCUT2D eigenvalue weighted by molar-refractivity contribution is 6.10. The third-order valence-electron chi connectivity index (χ3n) is 6.20. The summed E-state index contributed by atoms with van der Waals surface area (Å²) in [6.45, 7) is 8.84. The number of nitrogens with zero attached hydrogens (tertiary/aromatic N) is 1. The lowest BCUT2D eigenvalue weighted by Gasteiger charge is -2.39. The van der Waals surface area contributed by atoms with E-state index < -0.39 is 5.41 Å². The zero-order chi connectivity index (χ0) is 22.6. The molecule has 7 heteroatoms. The van der Waals surface area contributed by atoms with Crippen LogP contribution in [0.3, 0.4) is 0 Å². The Balaban J connectivity index is 2.02. The number of anilines is 1. The van der Waals surface area contributed by atoms with Crippen molar-refractivity contribution in [3.8, 4) is 5.75 Å². The van der Waals surface area contributed by atoms with Crippen molar-refractivity contribution in [2.75, 3.05) is 31.3 Å². The Morgan fingerprint density at radius 3 is 2.65 bits per heavy atom. The van der Waals surface area contributed by atoms with Gasteiger partial charge in [-0.3, -0.25) is 4.79 Å². The van der Waals surface area contributed by atoms with E-state index in [4.69, 9.17) is 14.9 Å². The second-order valence-corrected chi connectivity index (χ2v) is 8.86. The number of carbonyl (C=O) groups excluding carboxylic acids is 1. The molecule has 1 amide bonds. The van der Waals surface area contributed by atoms with Crippen LogP contribution in [-0.2, 0) is 9.53 Å². The molecule has 7 nitrogen and oxygen atoms in total. The minimum Gasteiger partial charge on any atom is -0.492 e. The second-order valence-electron chi connectivity index (χ2n) is 8.86. The lowest BCUT2D eigenvalue weighted by atomic mass is 9.88. The quantitative estimate of drug-likeness (QED) is 0.469. The molecule has 0 aromatic heterocycles. The SMILES string of the molecule is CC[C@H](C)N(C(C)=O)c1ccc(/C(C=N)=C/NC2CC2)c(OCC2(CO)COC2)c1C. The first-order chi connectivity index (χ1) is 14.9. The van der Waals surface area contributed by atoms with Crippen LogP contribution in [0.25, 0.3) is 5.57 Å². The van der Waals surface area contributed by atoms with E-state index in [9.17, 15) is 9.90 Å². The van der Waals surface area contributed by atoms with Gasteiger partial charge in [-0.25, -0.2) is 0 Å². The van der Waals surface area contributed by atoms with E-state index in [-0.39, 0.29) is 18.6 Å². The molecule has 1 aliphatic carbocycles. The third kappa shape index (κ3) is 5.10. The molecule has 2 aliphatic rings. The molecule has 1 aromatic carbocycles. The van der Waals surface area contributed by atoms with Crippen LogP contribution in [-0.4, -0.2) is 55.7 Å². The summed E-state index contributed by atoms with van der Waals surface area (Å²) in [6, 6.07) is 4.38. The summed E-state index contributed by atoms with van der Waals surface area (Å²) in [6.07, 6.45) is 6.31. The fraction of sp³-hybridized carbons (Fsp3) is 0.583. The molecule has 1 saturated heterocycles. The number of benzene rings is 1. The van der Waals surface area contributed by atoms with Crippen molar-refractivity contribution < 1.29 is 19.4 Å². The summed E-state index contributed by atoms with van der Waals surface area (Å²) < 4.78 is 11.6. The van der Waals surface area contributed by atoms with E-state index in [2.05, 4.69) is 12.2 Å². The smallest absolute Gasteiger partial charge is 0.224 e. The molecule has 0 radical (unpaired) electrons. The molecule has 3 N–H and O–H groups in total. The van der Waals surface area contributed by atoms with E-state index in [1.165, 1.54) is 6.21 Å². The topological polar surface area (TPSA) is 94.9 Å². The standard InChI is InChI=1S/C24H35N3O4/c1-5-16(2)27(18(4)29)22-9-8-21(19(10-25)11-26-20-6-7-20)23(17(22)3)31-15-24(12-28)13-30-14-24/h8-11,16,20,25-26,28H,5-7,12-15H2,1-4H3/b19-11+,25-10?/t16-/m0/s1. The summed E-state index contributed by atoms with van der Waals surface area (Å²) in [7, 11) is 0. The maximum Gasteiger partial charge on any atom is 0.224 e. The van der Waals surface area contributed by atoms with Gasteiger partial charge < -0.3 is 30.2 Å². The lowest BCUT2D eigenvalue weighted by molar-refractivity contribution is -0.153. The zero-order valence-electron chi connectivity index (χ0n) is 19.0. The Bertz CT molecular complexity index is 838. The maximum absolute atomic E-state index is 12.5. The number of carbonyl (C=O) groups is 1. The van der Waals surface area contributed by atoms with Crippen molar-refractivity contribution in [2.45, 2.75) is 59.0 Å². The van der Waals surface area contributed by atoms with Gasteiger partial charge in [-0.2, -0.15) is 0 Å². The highest BCUT2D eigenvalue weighted by atomic mass is 16.5. The van der Waals surface area contributed by atoms with E-state index in [1.54, 1.807) is 11.8 Å². The first-order valence-corrected chi connectivity index (χ1v) is 11.1. The van der Waals surface area contributed by atoms with Crippen molar-refractivity contribution >= 4 is 23.4 Å². The number of hydrogen-bond donors (Lipinski definition) is 3. The van der Waals surface area contributed by atoms with Gasteiger partial charge in [0.2, 0.25) is 5.91 Å². The summed E-state index contributed by atoms with van der Waals surface area (Å²) in [5.41, 5.74) is 2.77. The number of nitrogens with one attached hydrogen (secondary N) is 2. The van der Waals surface area contributed by atoms with Gasteiger partial charge >= 0.3 is 0 Å². The van der Waals surface area contributed by atoms with Crippen molar-refractivity contribution in [2.24, 2.45) is 5.41 Å². The van der Waals surface area contributed by atoms with Gasteiger partial charge in [0.1, 0.15) is 12.4 Å². The molecule has 1 atom stereocenters. The van der Waals surface area contributed by atoms with Crippen LogP contribution in [0.4, 0.5) is 5.69 Å². The van der Waals surface area contributed by atoms with Crippen molar-refractivity contribution in [3.63, 3.8) is 0 Å². The van der Waals surface area contributed by atoms with Crippen molar-refractivity contribution in [1.29, 1.82) is 5.41 Å². The number of aliphatic hydroxyl groups is 1. The van der Waals surface area contributed by atoms with Gasteiger partial charge in [-0.1, -0.05) is 6.92 Å². The first-order valence-electron chi connectivity index (χ1n) is 11.1. The van der Waals surface area contributed by atoms with Crippen LogP contribution in [0.2, 0.25) is 0 Å². The Morgan fingerprint density at radius 2 is 2.16 bits per heavy atom. The Hall–Kier alpha value is -2.38. The number of allylic oxidation sites excluding steroid dienone is 1. The van der Waals surface area contributed by atoms with Gasteiger partial charge in [0.15, 0.2) is 0 Å². The first kappa shape index (κ1) is 23.3. The monoisotopic (exact) mass is 429 g/mol. The Morgan fingerprint density at radius 1 is 1.45 bits per heavy atom. The van der Waals surface area contributed by atoms with Crippen LogP contribution < -0.4 is 15.0 Å². The molecule has 1 heterocycles. The van der Waals surface area contributed by atoms with Crippen LogP contribution in [0.15, 0.2) is 18.3 Å². The number of hydrogen-bond acceptors (Lipinski definition) is 6. The zero-order valence-corrected chi connectivity index (χ0v) is 19.0. The lowest BCUT2D eigenvalue weighted by Crippen LogP contribution is -2.50. The summed E-state index contributed by atoms with van der Waals surface area (Å²) in [4.78, 5) is 14.3. The van der Waals surface area contributed by atoms with E-state index in [0.29, 0.717) is 31.6 Å². The number of aliphatic hydroxyl groups excluding tert-OH is 1. The minimum atomic E-state index is -0.405. The maximum atomic E-state index is 12.5. The average Bonchev–Trinajstić information content (AvgIpc) is 3.55. The summed E-state index contributed by atoms with van der Waals surface area (Å²) in [5, 5.41) is 21.1. The van der Waals surface area contributed by atoms with Gasteiger partial charge in [0.25, 0.3) is 0 Å². The average molecular weight is 430 g/mol. The van der Waals surface area contributed by atoms with Gasteiger partial charge in [-0.15, -0.1) is 0 Å². The molecule has 31 heavy (non-hydrogen) atoms. The minimum absolute atomic E-state index is 0.00991. The normalized spacial score (nSPS) is 18.7. The molecule has 1 aromatic rings. The Labute approximate surface area is 184 Å². The number of amides is 1. The molecule has 0 spiro atoms. The van der Waals surface area contributed by atoms with Crippen LogP contribution in [0.1, 0.15) is 51.2 Å². The number of ether oxygens (including phenoxy) is 2. The Kier molecular flexibility index (Phi) is 7.38. The molecule has 0 bridgehead atoms. The van der Waals surface area contributed by atoms with E-state index in [0.717, 1.165) is 41.6 Å². The molecular formula is C24H35N3O4. The number of rotatable bonds is 11. The predicted octanol–water partition coefficient (Wildman–Crippen LogP) is 3.28. The molecule has 170 valence electrons. The highest BCUT2D eigenvalue weighted by Gasteiger charge is 2.39. The fourth-order valence-corrected chi connectivity index (χ4v) is 3.75. The van der Waals surface area contributed by atoms with E-state index in [1.807, 2.05) is 32.2 Å². The predicted molar refractivity (Wildman–Crippen MR) is 123 cm³/mol. The highest BCUT2D eigenvalue weighted by Crippen LogP contribution is 2.38. The largest absolute Gasteiger partial charge is 0.492 e. The molecule has 3 rings (SSSR count). The molecular weight excluding hydrogens is 394 g/mol. The third-order valence-corrected chi connectivity index (χ3v) is 6.20. The van der Waals surface area contributed by atoms with Crippen LogP contribution >= 0.6 is 0 Å². The van der Waals surface area contributed by atoms with Gasteiger partial charge in [0, 0.05) is 48.1 Å². The molecule has 1 aliphatic heterocycles. The van der Waals surface area contributed by atoms with Crippen LogP contribution in [0.5, 0.6) is 5.75 Å². The van der Waals surface area contributed by atoms with Crippen LogP contribution in [0, 0.1) is 17.7 Å². The molecule has 2 fully saturated rings.